The zero-order chi connectivity index (χ0) is 23.8. The summed E-state index contributed by atoms with van der Waals surface area (Å²) in [4.78, 5) is 30.1. The van der Waals surface area contributed by atoms with Gasteiger partial charge in [0.05, 0.1) is 25.9 Å². The van der Waals surface area contributed by atoms with Gasteiger partial charge in [-0.05, 0) is 55.8 Å². The molecule has 4 rings (SSSR count). The number of nitrogens with zero attached hydrogens (tertiary/aromatic N) is 2. The smallest absolute Gasteiger partial charge is 0.241 e. The first kappa shape index (κ1) is 23.5. The van der Waals surface area contributed by atoms with Crippen molar-refractivity contribution in [1.82, 2.24) is 4.90 Å². The number of hydrogen-bond donors (Lipinski definition) is 1. The average molecular weight is 458 g/mol. The van der Waals surface area contributed by atoms with Gasteiger partial charge in [-0.25, -0.2) is 0 Å². The minimum atomic E-state index is -0.0780. The van der Waals surface area contributed by atoms with E-state index in [2.05, 4.69) is 10.2 Å². The zero-order valence-corrected chi connectivity index (χ0v) is 19.5. The van der Waals surface area contributed by atoms with Crippen LogP contribution in [-0.2, 0) is 16.1 Å². The Labute approximate surface area is 201 Å². The number of methoxy groups -OCH3 is 1. The lowest BCUT2D eigenvalue weighted by molar-refractivity contribution is -0.122. The molecule has 6 nitrogen and oxygen atoms in total. The van der Waals surface area contributed by atoms with Crippen molar-refractivity contribution in [2.24, 2.45) is 5.92 Å². The Bertz CT molecular complexity index is 1080. The van der Waals surface area contributed by atoms with Crippen LogP contribution in [0.25, 0.3) is 0 Å². The van der Waals surface area contributed by atoms with E-state index in [1.54, 1.807) is 7.11 Å². The van der Waals surface area contributed by atoms with Gasteiger partial charge in [-0.15, -0.1) is 0 Å². The molecular weight excluding hydrogens is 426 g/mol. The molecule has 0 aliphatic carbocycles. The maximum Gasteiger partial charge on any atom is 0.241 e. The number of rotatable bonds is 8. The monoisotopic (exact) mass is 457 g/mol. The summed E-state index contributed by atoms with van der Waals surface area (Å²) in [5.74, 6) is 0.640. The predicted molar refractivity (Wildman–Crippen MR) is 135 cm³/mol. The van der Waals surface area contributed by atoms with Gasteiger partial charge in [-0.1, -0.05) is 60.7 Å². The second-order valence-electron chi connectivity index (χ2n) is 8.54. The third-order valence-electron chi connectivity index (χ3n) is 6.23. The first-order valence-electron chi connectivity index (χ1n) is 11.7. The van der Waals surface area contributed by atoms with Gasteiger partial charge in [0.25, 0.3) is 0 Å². The van der Waals surface area contributed by atoms with Gasteiger partial charge < -0.3 is 15.0 Å². The normalized spacial score (nSPS) is 14.4. The molecule has 1 aliphatic heterocycles. The van der Waals surface area contributed by atoms with E-state index in [0.29, 0.717) is 37.6 Å². The summed E-state index contributed by atoms with van der Waals surface area (Å²) in [7, 11) is 1.59. The molecule has 0 unspecified atom stereocenters. The van der Waals surface area contributed by atoms with Crippen LogP contribution >= 0.6 is 0 Å². The van der Waals surface area contributed by atoms with E-state index >= 15 is 0 Å². The largest absolute Gasteiger partial charge is 0.495 e. The molecule has 1 aliphatic rings. The van der Waals surface area contributed by atoms with E-state index in [1.807, 2.05) is 89.8 Å². The van der Waals surface area contributed by atoms with Crippen molar-refractivity contribution in [3.63, 3.8) is 0 Å². The number of carbonyl (C=O) groups is 2. The number of likely N-dealkylation sites (tertiary alicyclic amines) is 1. The predicted octanol–water partition coefficient (Wildman–Crippen LogP) is 4.58. The second-order valence-corrected chi connectivity index (χ2v) is 8.54. The van der Waals surface area contributed by atoms with Crippen LogP contribution in [0.4, 0.5) is 11.4 Å². The van der Waals surface area contributed by atoms with Crippen LogP contribution in [0.1, 0.15) is 18.4 Å². The maximum absolute atomic E-state index is 13.3. The van der Waals surface area contributed by atoms with E-state index in [-0.39, 0.29) is 17.7 Å². The van der Waals surface area contributed by atoms with Crippen molar-refractivity contribution in [2.75, 3.05) is 37.0 Å². The molecule has 0 spiro atoms. The molecule has 0 bridgehead atoms. The number of amides is 2. The molecule has 1 fully saturated rings. The Morgan fingerprint density at radius 3 is 2.21 bits per heavy atom. The standard InChI is InChI=1S/C28H31N3O3/c1-34-26-15-9-8-14-25(26)29-28(33)23-16-18-30(19-17-23)21-27(32)31(24-12-6-3-7-13-24)20-22-10-4-2-5-11-22/h2-15,23H,16-21H2,1H3,(H,29,33). The summed E-state index contributed by atoms with van der Waals surface area (Å²) in [6.45, 7) is 2.29. The first-order valence-corrected chi connectivity index (χ1v) is 11.7. The molecule has 1 saturated heterocycles. The molecular formula is C28H31N3O3. The molecule has 1 N–H and O–H groups in total. The molecule has 0 aromatic heterocycles. The third kappa shape index (κ3) is 6.02. The Kier molecular flexibility index (Phi) is 7.94. The van der Waals surface area contributed by atoms with Gasteiger partial charge in [-0.2, -0.15) is 0 Å². The van der Waals surface area contributed by atoms with Crippen molar-refractivity contribution >= 4 is 23.2 Å². The van der Waals surface area contributed by atoms with Crippen molar-refractivity contribution in [2.45, 2.75) is 19.4 Å². The van der Waals surface area contributed by atoms with Gasteiger partial charge in [0.1, 0.15) is 5.75 Å². The van der Waals surface area contributed by atoms with E-state index in [1.165, 1.54) is 0 Å². The highest BCUT2D eigenvalue weighted by Crippen LogP contribution is 2.26. The van der Waals surface area contributed by atoms with Crippen LogP contribution in [0.3, 0.4) is 0 Å². The number of benzene rings is 3. The molecule has 0 atom stereocenters. The number of piperidine rings is 1. The minimum absolute atomic E-state index is 0.00506. The summed E-state index contributed by atoms with van der Waals surface area (Å²) in [5, 5.41) is 3.00. The van der Waals surface area contributed by atoms with Crippen LogP contribution in [0.2, 0.25) is 0 Å². The Morgan fingerprint density at radius 1 is 0.912 bits per heavy atom. The molecule has 1 heterocycles. The summed E-state index contributed by atoms with van der Waals surface area (Å²) in [6.07, 6.45) is 1.44. The first-order chi connectivity index (χ1) is 16.6. The van der Waals surface area contributed by atoms with Crippen LogP contribution in [-0.4, -0.2) is 43.5 Å². The van der Waals surface area contributed by atoms with E-state index in [4.69, 9.17) is 4.74 Å². The van der Waals surface area contributed by atoms with Gasteiger partial charge in [0.15, 0.2) is 0 Å². The molecule has 6 heteroatoms. The topological polar surface area (TPSA) is 61.9 Å². The van der Waals surface area contributed by atoms with Gasteiger partial charge >= 0.3 is 0 Å². The Morgan fingerprint density at radius 2 is 1.53 bits per heavy atom. The number of ether oxygens (including phenoxy) is 1. The molecule has 2 amide bonds. The maximum atomic E-state index is 13.3. The minimum Gasteiger partial charge on any atom is -0.495 e. The van der Waals surface area contributed by atoms with Gasteiger partial charge in [0.2, 0.25) is 11.8 Å². The average Bonchev–Trinajstić information content (AvgIpc) is 2.89. The zero-order valence-electron chi connectivity index (χ0n) is 19.5. The van der Waals surface area contributed by atoms with Crippen molar-refractivity contribution in [3.8, 4) is 5.75 Å². The highest BCUT2D eigenvalue weighted by Gasteiger charge is 2.28. The third-order valence-corrected chi connectivity index (χ3v) is 6.23. The fourth-order valence-corrected chi connectivity index (χ4v) is 4.31. The SMILES string of the molecule is COc1ccccc1NC(=O)C1CCN(CC(=O)N(Cc2ccccc2)c2ccccc2)CC1. The Hall–Kier alpha value is -3.64. The van der Waals surface area contributed by atoms with E-state index in [9.17, 15) is 9.59 Å². The Balaban J connectivity index is 1.34. The molecule has 3 aromatic rings. The van der Waals surface area contributed by atoms with Gasteiger partial charge in [0, 0.05) is 11.6 Å². The lowest BCUT2D eigenvalue weighted by atomic mass is 9.95. The van der Waals surface area contributed by atoms with Crippen molar-refractivity contribution in [3.05, 3.63) is 90.5 Å². The summed E-state index contributed by atoms with van der Waals surface area (Å²) in [6, 6.07) is 27.2. The van der Waals surface area contributed by atoms with Crippen LogP contribution in [0, 0.1) is 5.92 Å². The highest BCUT2D eigenvalue weighted by atomic mass is 16.5. The van der Waals surface area contributed by atoms with Crippen LogP contribution in [0.15, 0.2) is 84.9 Å². The van der Waals surface area contributed by atoms with Crippen LogP contribution in [0.5, 0.6) is 5.75 Å². The second kappa shape index (κ2) is 11.5. The number of hydrogen-bond acceptors (Lipinski definition) is 4. The molecule has 0 radical (unpaired) electrons. The van der Waals surface area contributed by atoms with Crippen molar-refractivity contribution < 1.29 is 14.3 Å². The summed E-state index contributed by atoms with van der Waals surface area (Å²) in [5.41, 5.74) is 2.67. The number of nitrogens with one attached hydrogen (secondary N) is 1. The fourth-order valence-electron chi connectivity index (χ4n) is 4.31. The summed E-state index contributed by atoms with van der Waals surface area (Å²) >= 11 is 0. The highest BCUT2D eigenvalue weighted by molar-refractivity contribution is 5.95. The number of carbonyl (C=O) groups excluding carboxylic acids is 2. The molecule has 34 heavy (non-hydrogen) atoms. The quantitative estimate of drug-likeness (QED) is 0.538. The number of anilines is 2. The summed E-state index contributed by atoms with van der Waals surface area (Å²) < 4.78 is 5.33. The van der Waals surface area contributed by atoms with Crippen LogP contribution < -0.4 is 15.0 Å². The van der Waals surface area contributed by atoms with E-state index < -0.39 is 0 Å². The van der Waals surface area contributed by atoms with E-state index in [0.717, 1.165) is 24.1 Å². The lowest BCUT2D eigenvalue weighted by Crippen LogP contribution is -2.44. The molecule has 0 saturated carbocycles. The lowest BCUT2D eigenvalue weighted by Gasteiger charge is -2.32. The molecule has 176 valence electrons. The number of para-hydroxylation sites is 3. The van der Waals surface area contributed by atoms with Gasteiger partial charge in [-0.3, -0.25) is 14.5 Å². The fraction of sp³-hybridized carbons (Fsp3) is 0.286. The van der Waals surface area contributed by atoms with Crippen molar-refractivity contribution in [1.29, 1.82) is 0 Å². The molecule has 3 aromatic carbocycles.